The molecule has 0 bridgehead atoms. The van der Waals surface area contributed by atoms with Gasteiger partial charge in [0.15, 0.2) is 5.82 Å². The largest absolute Gasteiger partial charge is 0.340 e. The van der Waals surface area contributed by atoms with E-state index in [1.54, 1.807) is 0 Å². The molecule has 6 heteroatoms. The van der Waals surface area contributed by atoms with Crippen LogP contribution in [0.25, 0.3) is 0 Å². The fourth-order valence-electron chi connectivity index (χ4n) is 3.14. The molecular weight excluding hydrogens is 242 g/mol. The van der Waals surface area contributed by atoms with Gasteiger partial charge in [-0.05, 0) is 32.4 Å². The molecule has 1 aromatic heterocycles. The first-order chi connectivity index (χ1) is 9.20. The average Bonchev–Trinajstić information content (AvgIpc) is 3.00. The van der Waals surface area contributed by atoms with E-state index in [4.69, 9.17) is 10.3 Å². The average molecular weight is 265 g/mol. The van der Waals surface area contributed by atoms with Gasteiger partial charge in [0, 0.05) is 32.1 Å². The summed E-state index contributed by atoms with van der Waals surface area (Å²) in [7, 11) is 0. The molecule has 0 saturated carbocycles. The van der Waals surface area contributed by atoms with Crippen LogP contribution in [0.2, 0.25) is 0 Å². The number of aryl methyl sites for hydroxylation is 1. The van der Waals surface area contributed by atoms with E-state index < -0.39 is 0 Å². The summed E-state index contributed by atoms with van der Waals surface area (Å²) < 4.78 is 5.02. The maximum atomic E-state index is 5.96. The number of hydrogen-bond donors (Lipinski definition) is 1. The van der Waals surface area contributed by atoms with Gasteiger partial charge in [-0.25, -0.2) is 0 Å². The summed E-state index contributed by atoms with van der Waals surface area (Å²) in [6, 6.07) is 1.09. The van der Waals surface area contributed by atoms with E-state index in [-0.39, 0.29) is 0 Å². The van der Waals surface area contributed by atoms with Gasteiger partial charge in [0.25, 0.3) is 0 Å². The second-order valence-corrected chi connectivity index (χ2v) is 5.78. The predicted octanol–water partition coefficient (Wildman–Crippen LogP) is 0.375. The van der Waals surface area contributed by atoms with E-state index in [1.807, 2.05) is 6.92 Å². The van der Waals surface area contributed by atoms with Crippen LogP contribution in [0, 0.1) is 6.92 Å². The van der Waals surface area contributed by atoms with Gasteiger partial charge in [0.05, 0.1) is 6.54 Å². The normalized spacial score (nSPS) is 27.2. The van der Waals surface area contributed by atoms with E-state index in [1.165, 1.54) is 6.42 Å². The van der Waals surface area contributed by atoms with Gasteiger partial charge in [-0.3, -0.25) is 9.80 Å². The van der Waals surface area contributed by atoms with Gasteiger partial charge in [0.2, 0.25) is 5.89 Å². The van der Waals surface area contributed by atoms with Gasteiger partial charge in [-0.15, -0.1) is 0 Å². The Morgan fingerprint density at radius 3 is 2.74 bits per heavy atom. The first-order valence-corrected chi connectivity index (χ1v) is 7.22. The quantitative estimate of drug-likeness (QED) is 0.851. The Hall–Kier alpha value is -0.980. The molecule has 3 heterocycles. The van der Waals surface area contributed by atoms with Crippen LogP contribution in [-0.2, 0) is 6.54 Å². The highest BCUT2D eigenvalue weighted by Crippen LogP contribution is 2.20. The molecule has 2 aliphatic rings. The molecule has 0 radical (unpaired) electrons. The van der Waals surface area contributed by atoms with Crippen LogP contribution in [-0.4, -0.2) is 58.2 Å². The summed E-state index contributed by atoms with van der Waals surface area (Å²) >= 11 is 0. The number of hydrogen-bond acceptors (Lipinski definition) is 6. The molecule has 2 N–H and O–H groups in total. The molecule has 1 aromatic rings. The van der Waals surface area contributed by atoms with Gasteiger partial charge >= 0.3 is 0 Å². The lowest BCUT2D eigenvalue weighted by Crippen LogP contribution is -2.46. The molecule has 1 unspecified atom stereocenters. The Labute approximate surface area is 113 Å². The summed E-state index contributed by atoms with van der Waals surface area (Å²) in [5.41, 5.74) is 5.96. The van der Waals surface area contributed by atoms with Crippen molar-refractivity contribution >= 4 is 0 Å². The number of likely N-dealkylation sites (tertiary alicyclic amines) is 2. The standard InChI is InChI=1S/C13H23N5O/c1-10-15-13(16-19-10)9-17-5-4-12(8-17)18-6-2-11(14)3-7-18/h11-12H,2-9,14H2,1H3. The number of nitrogens with zero attached hydrogens (tertiary/aromatic N) is 4. The molecule has 3 rings (SSSR count). The molecule has 6 nitrogen and oxygen atoms in total. The SMILES string of the molecule is Cc1nc(CN2CCC(N3CCC(N)CC3)C2)no1. The molecule has 0 spiro atoms. The van der Waals surface area contributed by atoms with Crippen LogP contribution in [0.15, 0.2) is 4.52 Å². The van der Waals surface area contributed by atoms with E-state index in [0.29, 0.717) is 18.0 Å². The minimum absolute atomic E-state index is 0.413. The zero-order chi connectivity index (χ0) is 13.2. The minimum Gasteiger partial charge on any atom is -0.340 e. The fourth-order valence-corrected chi connectivity index (χ4v) is 3.14. The third kappa shape index (κ3) is 3.13. The van der Waals surface area contributed by atoms with E-state index in [9.17, 15) is 0 Å². The van der Waals surface area contributed by atoms with Crippen molar-refractivity contribution in [2.24, 2.45) is 5.73 Å². The van der Waals surface area contributed by atoms with E-state index in [2.05, 4.69) is 19.9 Å². The molecule has 0 amide bonds. The first kappa shape index (κ1) is 13.0. The van der Waals surface area contributed by atoms with Crippen molar-refractivity contribution < 1.29 is 4.52 Å². The van der Waals surface area contributed by atoms with Gasteiger partial charge in [0.1, 0.15) is 0 Å². The smallest absolute Gasteiger partial charge is 0.223 e. The second kappa shape index (κ2) is 5.56. The summed E-state index contributed by atoms with van der Waals surface area (Å²) in [6.07, 6.45) is 3.52. The van der Waals surface area contributed by atoms with Crippen molar-refractivity contribution in [3.8, 4) is 0 Å². The Bertz CT molecular complexity index is 413. The maximum absolute atomic E-state index is 5.96. The van der Waals surface area contributed by atoms with Crippen LogP contribution >= 0.6 is 0 Å². The summed E-state index contributed by atoms with van der Waals surface area (Å²) in [4.78, 5) is 9.29. The van der Waals surface area contributed by atoms with Crippen molar-refractivity contribution in [2.45, 2.75) is 44.8 Å². The molecule has 1 atom stereocenters. The lowest BCUT2D eigenvalue weighted by atomic mass is 10.0. The van der Waals surface area contributed by atoms with Crippen LogP contribution in [0.1, 0.15) is 31.0 Å². The number of aromatic nitrogens is 2. The molecule has 0 aromatic carbocycles. The second-order valence-electron chi connectivity index (χ2n) is 5.78. The Balaban J connectivity index is 1.50. The highest BCUT2D eigenvalue weighted by molar-refractivity contribution is 4.90. The molecule has 0 aliphatic carbocycles. The topological polar surface area (TPSA) is 71.4 Å². The number of nitrogens with two attached hydrogens (primary N) is 1. The summed E-state index contributed by atoms with van der Waals surface area (Å²) in [5.74, 6) is 1.45. The minimum atomic E-state index is 0.413. The van der Waals surface area contributed by atoms with Gasteiger partial charge < -0.3 is 10.3 Å². The first-order valence-electron chi connectivity index (χ1n) is 7.22. The van der Waals surface area contributed by atoms with Crippen molar-refractivity contribution in [1.29, 1.82) is 0 Å². The molecule has 2 aliphatic heterocycles. The van der Waals surface area contributed by atoms with Crippen molar-refractivity contribution in [1.82, 2.24) is 19.9 Å². The Morgan fingerprint density at radius 1 is 1.26 bits per heavy atom. The fraction of sp³-hybridized carbons (Fsp3) is 0.846. The molecule has 2 saturated heterocycles. The van der Waals surface area contributed by atoms with Gasteiger partial charge in [-0.2, -0.15) is 4.98 Å². The van der Waals surface area contributed by atoms with E-state index in [0.717, 1.165) is 51.4 Å². The monoisotopic (exact) mass is 265 g/mol. The lowest BCUT2D eigenvalue weighted by Gasteiger charge is -2.34. The zero-order valence-electron chi connectivity index (χ0n) is 11.6. The van der Waals surface area contributed by atoms with Crippen LogP contribution in [0.4, 0.5) is 0 Å². The Kier molecular flexibility index (Phi) is 3.81. The van der Waals surface area contributed by atoms with Crippen LogP contribution in [0.5, 0.6) is 0 Å². The maximum Gasteiger partial charge on any atom is 0.223 e. The van der Waals surface area contributed by atoms with Gasteiger partial charge in [-0.1, -0.05) is 5.16 Å². The van der Waals surface area contributed by atoms with Crippen molar-refractivity contribution in [2.75, 3.05) is 26.2 Å². The van der Waals surface area contributed by atoms with Crippen molar-refractivity contribution in [3.05, 3.63) is 11.7 Å². The molecular formula is C13H23N5O. The molecule has 106 valence electrons. The summed E-state index contributed by atoms with van der Waals surface area (Å²) in [5, 5.41) is 3.97. The highest BCUT2D eigenvalue weighted by Gasteiger charge is 2.30. The molecule has 19 heavy (non-hydrogen) atoms. The third-order valence-corrected chi connectivity index (χ3v) is 4.27. The van der Waals surface area contributed by atoms with Crippen LogP contribution < -0.4 is 5.73 Å². The molecule has 2 fully saturated rings. The predicted molar refractivity (Wildman–Crippen MR) is 71.5 cm³/mol. The summed E-state index contributed by atoms with van der Waals surface area (Å²) in [6.45, 7) is 7.19. The third-order valence-electron chi connectivity index (χ3n) is 4.27. The zero-order valence-corrected chi connectivity index (χ0v) is 11.6. The highest BCUT2D eigenvalue weighted by atomic mass is 16.5. The number of rotatable bonds is 3. The van der Waals surface area contributed by atoms with E-state index >= 15 is 0 Å². The van der Waals surface area contributed by atoms with Crippen molar-refractivity contribution in [3.63, 3.8) is 0 Å². The van der Waals surface area contributed by atoms with Crippen LogP contribution in [0.3, 0.4) is 0 Å². The Morgan fingerprint density at radius 2 is 2.05 bits per heavy atom. The lowest BCUT2D eigenvalue weighted by molar-refractivity contribution is 0.151. The number of piperidine rings is 1.